The Morgan fingerprint density at radius 3 is 1.83 bits per heavy atom. The van der Waals surface area contributed by atoms with E-state index in [0.717, 1.165) is 4.44 Å². The van der Waals surface area contributed by atoms with E-state index >= 15 is 0 Å². The molecule has 0 aromatic carbocycles. The number of ether oxygens (including phenoxy) is 1. The van der Waals surface area contributed by atoms with Gasteiger partial charge < -0.3 is 0 Å². The molecule has 0 amide bonds. The zero-order chi connectivity index (χ0) is 9.61. The Labute approximate surface area is 79.6 Å². The van der Waals surface area contributed by atoms with E-state index in [9.17, 15) is 4.79 Å². The van der Waals surface area contributed by atoms with Gasteiger partial charge in [-0.1, -0.05) is 0 Å². The number of hydrogen-bond acceptors (Lipinski definition) is 2. The number of hydrogen-bond donors (Lipinski definition) is 0. The Morgan fingerprint density at radius 2 is 1.58 bits per heavy atom. The molecule has 0 unspecified atom stereocenters. The summed E-state index contributed by atoms with van der Waals surface area (Å²) < 4.78 is 9.28. The standard InChI is InChI=1S/C3H5O2.3C2H5.Sn/c1-3(4)5-2;3*1-2;/h1H2,2H3;3*1H2,2H3;. The van der Waals surface area contributed by atoms with Crippen LogP contribution in [0.3, 0.4) is 0 Å². The summed E-state index contributed by atoms with van der Waals surface area (Å²) in [6.07, 6.45) is 0. The molecule has 0 radical (unpaired) electrons. The number of methoxy groups -OCH3 is 1. The summed E-state index contributed by atoms with van der Waals surface area (Å²) in [6.45, 7) is 6.68. The van der Waals surface area contributed by atoms with Gasteiger partial charge in [-0.2, -0.15) is 0 Å². The van der Waals surface area contributed by atoms with Gasteiger partial charge in [-0.3, -0.25) is 0 Å². The first-order valence-corrected chi connectivity index (χ1v) is 12.8. The molecule has 0 fully saturated rings. The van der Waals surface area contributed by atoms with E-state index in [1.54, 1.807) is 0 Å². The summed E-state index contributed by atoms with van der Waals surface area (Å²) in [5.41, 5.74) is 0. The van der Waals surface area contributed by atoms with E-state index in [2.05, 4.69) is 20.8 Å². The second-order valence-corrected chi connectivity index (χ2v) is 18.9. The molecule has 0 aromatic rings. The summed E-state index contributed by atoms with van der Waals surface area (Å²) in [7, 11) is 1.49. The van der Waals surface area contributed by atoms with Crippen LogP contribution in [-0.2, 0) is 9.53 Å². The van der Waals surface area contributed by atoms with Gasteiger partial charge in [-0.25, -0.2) is 0 Å². The van der Waals surface area contributed by atoms with Crippen molar-refractivity contribution >= 4 is 24.3 Å². The van der Waals surface area contributed by atoms with Crippen LogP contribution in [0, 0.1) is 0 Å². The Hall–Kier alpha value is 0.269. The van der Waals surface area contributed by atoms with Crippen molar-refractivity contribution in [3.05, 3.63) is 0 Å². The van der Waals surface area contributed by atoms with E-state index < -0.39 is 18.4 Å². The van der Waals surface area contributed by atoms with Crippen LogP contribution < -0.4 is 0 Å². The number of carbonyl (C=O) groups excluding carboxylic acids is 1. The van der Waals surface area contributed by atoms with Gasteiger partial charge in [0.15, 0.2) is 0 Å². The van der Waals surface area contributed by atoms with Gasteiger partial charge in [-0.05, 0) is 0 Å². The van der Waals surface area contributed by atoms with Crippen molar-refractivity contribution in [3.8, 4) is 0 Å². The van der Waals surface area contributed by atoms with Crippen molar-refractivity contribution in [2.24, 2.45) is 0 Å². The molecular weight excluding hydrogens is 259 g/mol. The van der Waals surface area contributed by atoms with Crippen LogP contribution in [0.25, 0.3) is 0 Å². The third kappa shape index (κ3) is 3.33. The third-order valence-corrected chi connectivity index (χ3v) is 18.8. The molecule has 0 saturated carbocycles. The monoisotopic (exact) mass is 280 g/mol. The van der Waals surface area contributed by atoms with Gasteiger partial charge in [0.05, 0.1) is 0 Å². The van der Waals surface area contributed by atoms with Crippen LogP contribution in [0.15, 0.2) is 0 Å². The van der Waals surface area contributed by atoms with Gasteiger partial charge in [0.1, 0.15) is 0 Å². The number of carbonyl (C=O) groups is 1. The fraction of sp³-hybridized carbons (Fsp3) is 0.889. The molecule has 0 bridgehead atoms. The van der Waals surface area contributed by atoms with Gasteiger partial charge in [-0.15, -0.1) is 0 Å². The van der Waals surface area contributed by atoms with E-state index in [0.29, 0.717) is 0 Å². The van der Waals surface area contributed by atoms with Crippen molar-refractivity contribution in [3.63, 3.8) is 0 Å². The van der Waals surface area contributed by atoms with E-state index in [-0.39, 0.29) is 5.97 Å². The minimum atomic E-state index is -2.02. The summed E-state index contributed by atoms with van der Waals surface area (Å²) >= 11 is -2.02. The first-order valence-electron chi connectivity index (χ1n) is 4.71. The average Bonchev–Trinajstić information content (AvgIpc) is 2.14. The van der Waals surface area contributed by atoms with E-state index in [4.69, 9.17) is 4.74 Å². The van der Waals surface area contributed by atoms with E-state index in [1.165, 1.54) is 20.4 Å². The maximum absolute atomic E-state index is 11.1. The molecule has 0 heterocycles. The Morgan fingerprint density at radius 1 is 1.17 bits per heavy atom. The normalized spacial score (nSPS) is 11.3. The molecule has 0 N–H and O–H groups in total. The fourth-order valence-electron chi connectivity index (χ4n) is 1.50. The summed E-state index contributed by atoms with van der Waals surface area (Å²) in [5.74, 6) is 0.0105. The maximum atomic E-state index is 11.1. The summed E-state index contributed by atoms with van der Waals surface area (Å²) in [5, 5.41) is 0. The van der Waals surface area contributed by atoms with Gasteiger partial charge in [0, 0.05) is 0 Å². The molecule has 0 aromatic heterocycles. The SMILES string of the molecule is C[CH2][Sn]([CH2]C)([CH2]C)[CH2]C(=O)OC. The molecule has 12 heavy (non-hydrogen) atoms. The average molecular weight is 279 g/mol. The topological polar surface area (TPSA) is 26.3 Å². The van der Waals surface area contributed by atoms with Crippen LogP contribution >= 0.6 is 0 Å². The molecule has 0 rings (SSSR count). The van der Waals surface area contributed by atoms with Gasteiger partial charge in [0.25, 0.3) is 0 Å². The molecule has 2 nitrogen and oxygen atoms in total. The predicted molar refractivity (Wildman–Crippen MR) is 54.0 cm³/mol. The zero-order valence-corrected chi connectivity index (χ0v) is 11.5. The molecule has 0 aliphatic rings. The third-order valence-electron chi connectivity index (χ3n) is 3.00. The molecule has 0 aliphatic heterocycles. The number of rotatable bonds is 5. The molecule has 0 spiro atoms. The molecule has 0 aliphatic carbocycles. The minimum absolute atomic E-state index is 0.0105. The van der Waals surface area contributed by atoms with Crippen molar-refractivity contribution in [1.82, 2.24) is 0 Å². The molecule has 72 valence electrons. The molecule has 3 heteroatoms. The van der Waals surface area contributed by atoms with E-state index in [1.807, 2.05) is 0 Å². The zero-order valence-electron chi connectivity index (χ0n) is 8.64. The van der Waals surface area contributed by atoms with Crippen molar-refractivity contribution in [2.75, 3.05) is 7.11 Å². The Balaban J connectivity index is 4.19. The van der Waals surface area contributed by atoms with Crippen molar-refractivity contribution < 1.29 is 9.53 Å². The first-order chi connectivity index (χ1) is 5.64. The quantitative estimate of drug-likeness (QED) is 0.571. The second kappa shape index (κ2) is 5.84. The summed E-state index contributed by atoms with van der Waals surface area (Å²) in [6, 6.07) is 0. The number of esters is 1. The van der Waals surface area contributed by atoms with Gasteiger partial charge in [0.2, 0.25) is 0 Å². The first kappa shape index (κ1) is 12.3. The summed E-state index contributed by atoms with van der Waals surface area (Å²) in [4.78, 5) is 11.1. The van der Waals surface area contributed by atoms with Crippen LogP contribution in [-0.4, -0.2) is 31.5 Å². The molecule has 0 saturated heterocycles. The predicted octanol–water partition coefficient (Wildman–Crippen LogP) is 2.67. The molecular formula is C9H20O2Sn. The van der Waals surface area contributed by atoms with Crippen LogP contribution in [0.1, 0.15) is 20.8 Å². The van der Waals surface area contributed by atoms with Crippen LogP contribution in [0.2, 0.25) is 17.7 Å². The second-order valence-electron chi connectivity index (χ2n) is 3.31. The van der Waals surface area contributed by atoms with Crippen molar-refractivity contribution in [2.45, 2.75) is 38.5 Å². The van der Waals surface area contributed by atoms with Crippen LogP contribution in [0.4, 0.5) is 0 Å². The van der Waals surface area contributed by atoms with Crippen LogP contribution in [0.5, 0.6) is 0 Å². The Bertz CT molecular complexity index is 133. The molecule has 0 atom stereocenters. The fourth-order valence-corrected chi connectivity index (χ4v) is 10.1. The Kier molecular flexibility index (Phi) is 5.97. The van der Waals surface area contributed by atoms with Crippen molar-refractivity contribution in [1.29, 1.82) is 0 Å². The van der Waals surface area contributed by atoms with Gasteiger partial charge >= 0.3 is 79.5 Å².